The summed E-state index contributed by atoms with van der Waals surface area (Å²) in [6.45, 7) is 0.169. The second-order valence-electron chi connectivity index (χ2n) is 5.63. The van der Waals surface area contributed by atoms with E-state index in [1.807, 2.05) is 0 Å². The number of rotatable bonds is 5. The number of benzene rings is 2. The number of carbonyl (C=O) groups is 2. The SMILES string of the molecule is O=C1CCC(=O)N1Cc1ccc(NS(=O)(=O)c2ccc(F)cc2)cc1. The van der Waals surface area contributed by atoms with E-state index < -0.39 is 15.8 Å². The number of anilines is 1. The lowest BCUT2D eigenvalue weighted by Gasteiger charge is -2.14. The van der Waals surface area contributed by atoms with Gasteiger partial charge >= 0.3 is 0 Å². The van der Waals surface area contributed by atoms with Gasteiger partial charge in [-0.25, -0.2) is 12.8 Å². The second kappa shape index (κ2) is 6.64. The van der Waals surface area contributed by atoms with Gasteiger partial charge in [-0.15, -0.1) is 0 Å². The van der Waals surface area contributed by atoms with Gasteiger partial charge in [-0.2, -0.15) is 0 Å². The minimum Gasteiger partial charge on any atom is -0.280 e. The Balaban J connectivity index is 1.71. The molecule has 130 valence electrons. The van der Waals surface area contributed by atoms with E-state index in [0.29, 0.717) is 11.3 Å². The molecule has 8 heteroatoms. The van der Waals surface area contributed by atoms with E-state index in [1.54, 1.807) is 24.3 Å². The molecule has 1 aliphatic heterocycles. The summed E-state index contributed by atoms with van der Waals surface area (Å²) in [5, 5.41) is 0. The van der Waals surface area contributed by atoms with Gasteiger partial charge in [0.05, 0.1) is 11.4 Å². The number of sulfonamides is 1. The Labute approximate surface area is 144 Å². The van der Waals surface area contributed by atoms with Crippen molar-refractivity contribution in [3.05, 3.63) is 59.9 Å². The first-order valence-electron chi connectivity index (χ1n) is 7.56. The minimum atomic E-state index is -3.82. The lowest BCUT2D eigenvalue weighted by Crippen LogP contribution is -2.28. The van der Waals surface area contributed by atoms with Gasteiger partial charge in [-0.3, -0.25) is 19.2 Å². The fourth-order valence-corrected chi connectivity index (χ4v) is 3.55. The summed E-state index contributed by atoms with van der Waals surface area (Å²) in [5.41, 5.74) is 1.04. The van der Waals surface area contributed by atoms with Crippen LogP contribution in [-0.2, 0) is 26.2 Å². The number of nitrogens with one attached hydrogen (secondary N) is 1. The minimum absolute atomic E-state index is 0.0498. The molecule has 0 spiro atoms. The first-order chi connectivity index (χ1) is 11.8. The predicted molar refractivity (Wildman–Crippen MR) is 88.4 cm³/mol. The van der Waals surface area contributed by atoms with Crippen molar-refractivity contribution in [3.8, 4) is 0 Å². The third kappa shape index (κ3) is 3.85. The van der Waals surface area contributed by atoms with E-state index in [1.165, 1.54) is 17.0 Å². The Morgan fingerprint density at radius 1 is 0.920 bits per heavy atom. The standard InChI is InChI=1S/C17H15FN2O4S/c18-13-3-7-15(8-4-13)25(23,24)19-14-5-1-12(2-6-14)11-20-16(21)9-10-17(20)22/h1-8,19H,9-11H2. The number of nitrogens with zero attached hydrogens (tertiary/aromatic N) is 1. The van der Waals surface area contributed by atoms with E-state index in [0.717, 1.165) is 12.1 Å². The maximum absolute atomic E-state index is 12.9. The molecule has 3 rings (SSSR count). The smallest absolute Gasteiger partial charge is 0.261 e. The zero-order valence-electron chi connectivity index (χ0n) is 13.1. The van der Waals surface area contributed by atoms with E-state index in [4.69, 9.17) is 0 Å². The van der Waals surface area contributed by atoms with Crippen molar-refractivity contribution >= 4 is 27.5 Å². The van der Waals surface area contributed by atoms with E-state index in [-0.39, 0.29) is 36.1 Å². The summed E-state index contributed by atoms with van der Waals surface area (Å²) in [6.07, 6.45) is 0.461. The Bertz CT molecular complexity index is 893. The highest BCUT2D eigenvalue weighted by Gasteiger charge is 2.28. The summed E-state index contributed by atoms with van der Waals surface area (Å²) in [6, 6.07) is 10.9. The summed E-state index contributed by atoms with van der Waals surface area (Å²) in [4.78, 5) is 24.4. The Kier molecular flexibility index (Phi) is 4.54. The van der Waals surface area contributed by atoms with Gasteiger partial charge in [0.1, 0.15) is 5.82 Å². The van der Waals surface area contributed by atoms with Crippen LogP contribution in [-0.4, -0.2) is 25.1 Å². The summed E-state index contributed by atoms with van der Waals surface area (Å²) in [5.74, 6) is -0.925. The van der Waals surface area contributed by atoms with Gasteiger partial charge in [-0.05, 0) is 42.0 Å². The van der Waals surface area contributed by atoms with Gasteiger partial charge in [0.15, 0.2) is 0 Å². The molecule has 0 aliphatic carbocycles. The fourth-order valence-electron chi connectivity index (χ4n) is 2.49. The predicted octanol–water partition coefficient (Wildman–Crippen LogP) is 2.28. The molecule has 1 aliphatic rings. The first kappa shape index (κ1) is 17.1. The number of carbonyl (C=O) groups excluding carboxylic acids is 2. The molecule has 2 aromatic rings. The van der Waals surface area contributed by atoms with Crippen LogP contribution >= 0.6 is 0 Å². The topological polar surface area (TPSA) is 83.6 Å². The third-order valence-electron chi connectivity index (χ3n) is 3.83. The van der Waals surface area contributed by atoms with Crippen molar-refractivity contribution in [1.82, 2.24) is 4.90 Å². The van der Waals surface area contributed by atoms with Crippen molar-refractivity contribution in [2.24, 2.45) is 0 Å². The number of imide groups is 1. The molecular formula is C17H15FN2O4S. The number of hydrogen-bond donors (Lipinski definition) is 1. The summed E-state index contributed by atoms with van der Waals surface area (Å²) >= 11 is 0. The Morgan fingerprint density at radius 3 is 2.04 bits per heavy atom. The zero-order chi connectivity index (χ0) is 18.0. The molecule has 0 unspecified atom stereocenters. The van der Waals surface area contributed by atoms with Crippen LogP contribution in [0.5, 0.6) is 0 Å². The number of likely N-dealkylation sites (tertiary alicyclic amines) is 1. The van der Waals surface area contributed by atoms with Crippen molar-refractivity contribution in [2.45, 2.75) is 24.3 Å². The molecule has 0 aromatic heterocycles. The van der Waals surface area contributed by atoms with E-state index in [2.05, 4.69) is 4.72 Å². The second-order valence-corrected chi connectivity index (χ2v) is 7.31. The van der Waals surface area contributed by atoms with Crippen LogP contribution < -0.4 is 4.72 Å². The van der Waals surface area contributed by atoms with Gasteiger partial charge in [0.25, 0.3) is 10.0 Å². The molecule has 25 heavy (non-hydrogen) atoms. The van der Waals surface area contributed by atoms with Gasteiger partial charge < -0.3 is 0 Å². The number of amides is 2. The average Bonchev–Trinajstić information content (AvgIpc) is 2.89. The molecule has 1 heterocycles. The van der Waals surface area contributed by atoms with E-state index in [9.17, 15) is 22.4 Å². The quantitative estimate of drug-likeness (QED) is 0.827. The number of hydrogen-bond acceptors (Lipinski definition) is 4. The number of halogens is 1. The van der Waals surface area contributed by atoms with Gasteiger partial charge in [0, 0.05) is 18.5 Å². The van der Waals surface area contributed by atoms with Crippen molar-refractivity contribution in [3.63, 3.8) is 0 Å². The van der Waals surface area contributed by atoms with Crippen molar-refractivity contribution < 1.29 is 22.4 Å². The fraction of sp³-hybridized carbons (Fsp3) is 0.176. The maximum atomic E-state index is 12.9. The van der Waals surface area contributed by atoms with Crippen molar-refractivity contribution in [2.75, 3.05) is 4.72 Å². The molecule has 1 saturated heterocycles. The molecule has 0 bridgehead atoms. The zero-order valence-corrected chi connectivity index (χ0v) is 13.9. The molecular weight excluding hydrogens is 347 g/mol. The molecule has 0 atom stereocenters. The first-order valence-corrected chi connectivity index (χ1v) is 9.04. The van der Waals surface area contributed by atoms with Crippen LogP contribution in [0.15, 0.2) is 53.4 Å². The van der Waals surface area contributed by atoms with Gasteiger partial charge in [0.2, 0.25) is 11.8 Å². The van der Waals surface area contributed by atoms with E-state index >= 15 is 0 Å². The van der Waals surface area contributed by atoms with Crippen LogP contribution in [0.1, 0.15) is 18.4 Å². The largest absolute Gasteiger partial charge is 0.280 e. The van der Waals surface area contributed by atoms with Crippen LogP contribution in [0.3, 0.4) is 0 Å². The van der Waals surface area contributed by atoms with Crippen LogP contribution in [0.2, 0.25) is 0 Å². The lowest BCUT2D eigenvalue weighted by molar-refractivity contribution is -0.139. The highest BCUT2D eigenvalue weighted by atomic mass is 32.2. The van der Waals surface area contributed by atoms with Crippen LogP contribution in [0, 0.1) is 5.82 Å². The molecule has 0 radical (unpaired) electrons. The molecule has 1 N–H and O–H groups in total. The molecule has 6 nitrogen and oxygen atoms in total. The Morgan fingerprint density at radius 2 is 1.48 bits per heavy atom. The average molecular weight is 362 g/mol. The highest BCUT2D eigenvalue weighted by molar-refractivity contribution is 7.92. The third-order valence-corrected chi connectivity index (χ3v) is 5.22. The van der Waals surface area contributed by atoms with Crippen LogP contribution in [0.25, 0.3) is 0 Å². The summed E-state index contributed by atoms with van der Waals surface area (Å²) in [7, 11) is -3.82. The molecule has 2 amide bonds. The van der Waals surface area contributed by atoms with Gasteiger partial charge in [-0.1, -0.05) is 12.1 Å². The van der Waals surface area contributed by atoms with Crippen molar-refractivity contribution in [1.29, 1.82) is 0 Å². The highest BCUT2D eigenvalue weighted by Crippen LogP contribution is 2.19. The lowest BCUT2D eigenvalue weighted by atomic mass is 10.2. The molecule has 2 aromatic carbocycles. The van der Waals surface area contributed by atoms with Crippen LogP contribution in [0.4, 0.5) is 10.1 Å². The summed E-state index contributed by atoms with van der Waals surface area (Å²) < 4.78 is 39.8. The maximum Gasteiger partial charge on any atom is 0.261 e. The molecule has 0 saturated carbocycles. The monoisotopic (exact) mass is 362 g/mol. The Hall–Kier alpha value is -2.74. The molecule has 1 fully saturated rings. The normalized spacial score (nSPS) is 14.8.